The van der Waals surface area contributed by atoms with Gasteiger partial charge < -0.3 is 14.8 Å². The zero-order valence-corrected chi connectivity index (χ0v) is 10.6. The zero-order chi connectivity index (χ0) is 12.7. The molecular weight excluding hydrogens is 248 g/mol. The van der Waals surface area contributed by atoms with Crippen molar-refractivity contribution in [2.75, 3.05) is 39.1 Å². The summed E-state index contributed by atoms with van der Waals surface area (Å²) in [4.78, 5) is 10.8. The lowest BCUT2D eigenvalue weighted by atomic mass is 10.3. The van der Waals surface area contributed by atoms with Crippen molar-refractivity contribution in [2.24, 2.45) is 0 Å². The molecule has 17 heavy (non-hydrogen) atoms. The van der Waals surface area contributed by atoms with E-state index in [0.717, 1.165) is 6.54 Å². The molecule has 0 aliphatic carbocycles. The van der Waals surface area contributed by atoms with Crippen LogP contribution in [0.2, 0.25) is 0 Å². The number of ether oxygens (including phenoxy) is 2. The molecule has 0 aromatic carbocycles. The lowest BCUT2D eigenvalue weighted by molar-refractivity contribution is -0.140. The fourth-order valence-electron chi connectivity index (χ4n) is 1.36. The molecule has 1 fully saturated rings. The Labute approximate surface area is 101 Å². The van der Waals surface area contributed by atoms with Crippen molar-refractivity contribution in [3.05, 3.63) is 0 Å². The maximum Gasteiger partial charge on any atom is 0.306 e. The van der Waals surface area contributed by atoms with Gasteiger partial charge in [-0.2, -0.15) is 0 Å². The molecule has 1 saturated heterocycles. The predicted octanol–water partition coefficient (Wildman–Crippen LogP) is -1.54. The number of esters is 1. The Balaban J connectivity index is 2.26. The minimum atomic E-state index is -3.44. The number of methoxy groups -OCH3 is 1. The average molecular weight is 266 g/mol. The molecule has 0 amide bonds. The monoisotopic (exact) mass is 266 g/mol. The van der Waals surface area contributed by atoms with Gasteiger partial charge in [0.25, 0.3) is 0 Å². The van der Waals surface area contributed by atoms with Gasteiger partial charge in [-0.3, -0.25) is 4.79 Å². The Morgan fingerprint density at radius 3 is 2.94 bits per heavy atom. The number of hydrogen-bond acceptors (Lipinski definition) is 6. The second-order valence-electron chi connectivity index (χ2n) is 3.69. The smallest absolute Gasteiger partial charge is 0.306 e. The van der Waals surface area contributed by atoms with E-state index in [4.69, 9.17) is 4.74 Å². The van der Waals surface area contributed by atoms with Crippen LogP contribution in [-0.2, 0) is 24.3 Å². The number of sulfonamides is 1. The Hall–Kier alpha value is -0.700. The molecule has 0 radical (unpaired) electrons. The summed E-state index contributed by atoms with van der Waals surface area (Å²) in [7, 11) is -2.22. The molecule has 0 aromatic rings. The highest BCUT2D eigenvalue weighted by molar-refractivity contribution is 7.89. The van der Waals surface area contributed by atoms with Crippen LogP contribution in [0.3, 0.4) is 0 Å². The molecule has 1 aliphatic heterocycles. The number of morpholine rings is 1. The number of carbonyl (C=O) groups excluding carboxylic acids is 1. The van der Waals surface area contributed by atoms with Gasteiger partial charge in [-0.05, 0) is 0 Å². The van der Waals surface area contributed by atoms with Crippen molar-refractivity contribution >= 4 is 16.0 Å². The van der Waals surface area contributed by atoms with Crippen molar-refractivity contribution in [1.82, 2.24) is 10.0 Å². The van der Waals surface area contributed by atoms with E-state index in [-0.39, 0.29) is 24.8 Å². The molecule has 1 atom stereocenters. The molecule has 0 bridgehead atoms. The van der Waals surface area contributed by atoms with Crippen LogP contribution in [0.5, 0.6) is 0 Å². The summed E-state index contributed by atoms with van der Waals surface area (Å²) >= 11 is 0. The Bertz CT molecular complexity index is 337. The first-order chi connectivity index (χ1) is 8.03. The number of rotatable bonds is 6. The summed E-state index contributed by atoms with van der Waals surface area (Å²) in [5.41, 5.74) is 0. The highest BCUT2D eigenvalue weighted by Crippen LogP contribution is 1.97. The van der Waals surface area contributed by atoms with Gasteiger partial charge in [0, 0.05) is 19.6 Å². The normalized spacial score (nSPS) is 21.1. The van der Waals surface area contributed by atoms with Gasteiger partial charge in [-0.25, -0.2) is 13.1 Å². The Morgan fingerprint density at radius 2 is 2.35 bits per heavy atom. The molecule has 7 nitrogen and oxygen atoms in total. The van der Waals surface area contributed by atoms with Crippen LogP contribution in [0.25, 0.3) is 0 Å². The quantitative estimate of drug-likeness (QED) is 0.566. The van der Waals surface area contributed by atoms with Crippen LogP contribution in [0.4, 0.5) is 0 Å². The first-order valence-corrected chi connectivity index (χ1v) is 7.05. The Morgan fingerprint density at radius 1 is 1.59 bits per heavy atom. The first-order valence-electron chi connectivity index (χ1n) is 5.40. The predicted molar refractivity (Wildman–Crippen MR) is 61.0 cm³/mol. The molecule has 8 heteroatoms. The van der Waals surface area contributed by atoms with Crippen LogP contribution in [-0.4, -0.2) is 59.6 Å². The lowest BCUT2D eigenvalue weighted by Gasteiger charge is -2.23. The maximum absolute atomic E-state index is 11.5. The van der Waals surface area contributed by atoms with Crippen molar-refractivity contribution in [3.63, 3.8) is 0 Å². The van der Waals surface area contributed by atoms with Gasteiger partial charge >= 0.3 is 5.97 Å². The van der Waals surface area contributed by atoms with Crippen molar-refractivity contribution in [3.8, 4) is 0 Å². The molecule has 1 rings (SSSR count). The molecule has 0 spiro atoms. The molecule has 0 aromatic heterocycles. The second-order valence-corrected chi connectivity index (χ2v) is 5.62. The van der Waals surface area contributed by atoms with E-state index in [1.165, 1.54) is 7.11 Å². The van der Waals surface area contributed by atoms with Crippen molar-refractivity contribution in [1.29, 1.82) is 0 Å². The SMILES string of the molecule is COC(=O)CCS(=O)(=O)NCC1CNCCO1. The van der Waals surface area contributed by atoms with Gasteiger partial charge in [0.2, 0.25) is 10.0 Å². The number of nitrogens with one attached hydrogen (secondary N) is 2. The number of carbonyl (C=O) groups is 1. The first kappa shape index (κ1) is 14.4. The summed E-state index contributed by atoms with van der Waals surface area (Å²) in [5, 5.41) is 3.10. The third-order valence-electron chi connectivity index (χ3n) is 2.34. The average Bonchev–Trinajstić information content (AvgIpc) is 2.35. The highest BCUT2D eigenvalue weighted by Gasteiger charge is 2.18. The third-order valence-corrected chi connectivity index (χ3v) is 3.69. The standard InChI is InChI=1S/C9H18N2O5S/c1-15-9(12)2-5-17(13,14)11-7-8-6-10-3-4-16-8/h8,10-11H,2-7H2,1H3. The van der Waals surface area contributed by atoms with Gasteiger partial charge in [0.1, 0.15) is 0 Å². The van der Waals surface area contributed by atoms with Crippen molar-refractivity contribution in [2.45, 2.75) is 12.5 Å². The highest BCUT2D eigenvalue weighted by atomic mass is 32.2. The second kappa shape index (κ2) is 6.90. The fourth-order valence-corrected chi connectivity index (χ4v) is 2.38. The topological polar surface area (TPSA) is 93.7 Å². The summed E-state index contributed by atoms with van der Waals surface area (Å²) in [6.07, 6.45) is -0.299. The van der Waals surface area contributed by atoms with E-state index in [1.807, 2.05) is 0 Å². The molecule has 2 N–H and O–H groups in total. The van der Waals surface area contributed by atoms with Crippen LogP contribution in [0, 0.1) is 0 Å². The lowest BCUT2D eigenvalue weighted by Crippen LogP contribution is -2.45. The van der Waals surface area contributed by atoms with E-state index in [9.17, 15) is 13.2 Å². The summed E-state index contributed by atoms with van der Waals surface area (Å²) < 4.78 is 35.1. The third kappa shape index (κ3) is 5.97. The fraction of sp³-hybridized carbons (Fsp3) is 0.889. The largest absolute Gasteiger partial charge is 0.469 e. The minimum Gasteiger partial charge on any atom is -0.469 e. The molecule has 1 unspecified atom stereocenters. The van der Waals surface area contributed by atoms with E-state index in [2.05, 4.69) is 14.8 Å². The van der Waals surface area contributed by atoms with Crippen LogP contribution >= 0.6 is 0 Å². The minimum absolute atomic E-state index is 0.143. The molecule has 100 valence electrons. The van der Waals surface area contributed by atoms with Gasteiger partial charge in [-0.15, -0.1) is 0 Å². The molecule has 1 aliphatic rings. The van der Waals surface area contributed by atoms with E-state index in [0.29, 0.717) is 13.2 Å². The zero-order valence-electron chi connectivity index (χ0n) is 9.77. The number of hydrogen-bond donors (Lipinski definition) is 2. The van der Waals surface area contributed by atoms with Crippen LogP contribution in [0.15, 0.2) is 0 Å². The van der Waals surface area contributed by atoms with E-state index < -0.39 is 16.0 Å². The van der Waals surface area contributed by atoms with Crippen LogP contribution in [0.1, 0.15) is 6.42 Å². The maximum atomic E-state index is 11.5. The molecular formula is C9H18N2O5S. The van der Waals surface area contributed by atoms with Gasteiger partial charge in [0.15, 0.2) is 0 Å². The summed E-state index contributed by atoms with van der Waals surface area (Å²) in [6.45, 7) is 2.20. The molecule has 0 saturated carbocycles. The van der Waals surface area contributed by atoms with E-state index >= 15 is 0 Å². The summed E-state index contributed by atoms with van der Waals surface area (Å²) in [6, 6.07) is 0. The molecule has 1 heterocycles. The van der Waals surface area contributed by atoms with Crippen molar-refractivity contribution < 1.29 is 22.7 Å². The van der Waals surface area contributed by atoms with Gasteiger partial charge in [0.05, 0.1) is 32.0 Å². The van der Waals surface area contributed by atoms with Crippen LogP contribution < -0.4 is 10.0 Å². The summed E-state index contributed by atoms with van der Waals surface area (Å²) in [5.74, 6) is -0.800. The Kier molecular flexibility index (Phi) is 5.83. The van der Waals surface area contributed by atoms with Gasteiger partial charge in [-0.1, -0.05) is 0 Å². The van der Waals surface area contributed by atoms with E-state index in [1.54, 1.807) is 0 Å².